The molecule has 3 aromatic rings. The van der Waals surface area contributed by atoms with Gasteiger partial charge in [0.1, 0.15) is 6.17 Å². The van der Waals surface area contributed by atoms with E-state index in [1.807, 2.05) is 24.4 Å². The Bertz CT molecular complexity index is 918. The van der Waals surface area contributed by atoms with E-state index in [0.717, 1.165) is 26.9 Å². The van der Waals surface area contributed by atoms with E-state index in [-0.39, 0.29) is 11.8 Å². The molecule has 122 valence electrons. The molecule has 2 heterocycles. The molecule has 4 nitrogen and oxygen atoms in total. The monoisotopic (exact) mass is 341 g/mol. The number of fused-ring (bicyclic) bond motifs is 1. The molecule has 1 aliphatic rings. The van der Waals surface area contributed by atoms with Crippen LogP contribution in [0, 0.1) is 12.8 Å². The van der Waals surface area contributed by atoms with Crippen molar-refractivity contribution in [3.63, 3.8) is 0 Å². The minimum Gasteiger partial charge on any atom is -0.302 e. The molecule has 1 N–H and O–H groups in total. The fraction of sp³-hybridized carbons (Fsp3) is 0.278. The quantitative estimate of drug-likeness (QED) is 0.770. The largest absolute Gasteiger partial charge is 0.302 e. The van der Waals surface area contributed by atoms with Crippen LogP contribution < -0.4 is 5.32 Å². The maximum absolute atomic E-state index is 12.9. The van der Waals surface area contributed by atoms with Crippen molar-refractivity contribution in [2.24, 2.45) is 5.92 Å². The molecule has 2 aromatic heterocycles. The maximum Gasteiger partial charge on any atom is 0.229 e. The molecule has 0 saturated heterocycles. The number of aromatic nitrogens is 2. The number of benzene rings is 1. The molecule has 0 bridgehead atoms. The first-order valence-corrected chi connectivity index (χ1v) is 8.68. The molecule has 0 spiro atoms. The number of carbonyl (C=O) groups excluding carboxylic acids is 1. The lowest BCUT2D eigenvalue weighted by Gasteiger charge is -2.27. The highest BCUT2D eigenvalue weighted by molar-refractivity contribution is 7.22. The Hall–Kier alpha value is -2.34. The van der Waals surface area contributed by atoms with Gasteiger partial charge in [0.25, 0.3) is 0 Å². The fourth-order valence-corrected chi connectivity index (χ4v) is 3.79. The van der Waals surface area contributed by atoms with Gasteiger partial charge in [-0.15, -0.1) is 0 Å². The summed E-state index contributed by atoms with van der Waals surface area (Å²) >= 11 is 1.44. The van der Waals surface area contributed by atoms with Crippen molar-refractivity contribution in [1.29, 1.82) is 0 Å². The van der Waals surface area contributed by atoms with Gasteiger partial charge in [0.2, 0.25) is 5.91 Å². The SMILES string of the molecule is Cc1ccncc1-c1ccc2nc(NC(=O)[C@H]3C[C@@H](F)C3)sc2c1. The predicted molar refractivity (Wildman–Crippen MR) is 93.8 cm³/mol. The second-order valence-electron chi connectivity index (χ2n) is 6.15. The minimum atomic E-state index is -0.832. The number of hydrogen-bond donors (Lipinski definition) is 1. The highest BCUT2D eigenvalue weighted by Crippen LogP contribution is 2.34. The van der Waals surface area contributed by atoms with Gasteiger partial charge in [-0.25, -0.2) is 9.37 Å². The molecule has 0 radical (unpaired) electrons. The first-order valence-electron chi connectivity index (χ1n) is 7.86. The maximum atomic E-state index is 12.9. The van der Waals surface area contributed by atoms with E-state index >= 15 is 0 Å². The summed E-state index contributed by atoms with van der Waals surface area (Å²) in [5.74, 6) is -0.355. The third-order valence-electron chi connectivity index (χ3n) is 4.42. The zero-order valence-electron chi connectivity index (χ0n) is 13.1. The number of halogens is 1. The van der Waals surface area contributed by atoms with Gasteiger partial charge in [0.05, 0.1) is 10.2 Å². The van der Waals surface area contributed by atoms with Gasteiger partial charge in [-0.3, -0.25) is 9.78 Å². The first kappa shape index (κ1) is 15.2. The fourth-order valence-electron chi connectivity index (χ4n) is 2.88. The number of nitrogens with one attached hydrogen (secondary N) is 1. The molecule has 0 aliphatic heterocycles. The second-order valence-corrected chi connectivity index (χ2v) is 7.18. The normalized spacial score (nSPS) is 19.9. The summed E-state index contributed by atoms with van der Waals surface area (Å²) in [6, 6.07) is 8.00. The topological polar surface area (TPSA) is 54.9 Å². The number of aryl methyl sites for hydroxylation is 1. The molecule has 1 aliphatic carbocycles. The van der Waals surface area contributed by atoms with E-state index in [0.29, 0.717) is 18.0 Å². The third kappa shape index (κ3) is 2.78. The minimum absolute atomic E-state index is 0.133. The van der Waals surface area contributed by atoms with Gasteiger partial charge in [-0.05, 0) is 49.1 Å². The molecular formula is C18H16FN3OS. The number of nitrogens with zero attached hydrogens (tertiary/aromatic N) is 2. The number of anilines is 1. The van der Waals surface area contributed by atoms with Crippen molar-refractivity contribution in [1.82, 2.24) is 9.97 Å². The summed E-state index contributed by atoms with van der Waals surface area (Å²) in [6.45, 7) is 2.05. The zero-order chi connectivity index (χ0) is 16.7. The van der Waals surface area contributed by atoms with Gasteiger partial charge >= 0.3 is 0 Å². The smallest absolute Gasteiger partial charge is 0.229 e. The number of alkyl halides is 1. The Morgan fingerprint density at radius 3 is 2.92 bits per heavy atom. The van der Waals surface area contributed by atoms with Crippen LogP contribution in [0.1, 0.15) is 18.4 Å². The Morgan fingerprint density at radius 1 is 1.33 bits per heavy atom. The highest BCUT2D eigenvalue weighted by Gasteiger charge is 2.34. The van der Waals surface area contributed by atoms with Gasteiger partial charge in [0.15, 0.2) is 5.13 Å². The van der Waals surface area contributed by atoms with E-state index in [4.69, 9.17) is 0 Å². The summed E-state index contributed by atoms with van der Waals surface area (Å²) in [5, 5.41) is 3.38. The molecule has 1 aromatic carbocycles. The molecule has 6 heteroatoms. The van der Waals surface area contributed by atoms with Crippen LogP contribution in [0.5, 0.6) is 0 Å². The molecular weight excluding hydrogens is 325 g/mol. The number of thiazole rings is 1. The highest BCUT2D eigenvalue weighted by atomic mass is 32.1. The van der Waals surface area contributed by atoms with Crippen molar-refractivity contribution < 1.29 is 9.18 Å². The van der Waals surface area contributed by atoms with E-state index in [1.54, 1.807) is 6.20 Å². The van der Waals surface area contributed by atoms with E-state index in [2.05, 4.69) is 28.3 Å². The van der Waals surface area contributed by atoms with Crippen LogP contribution in [0.15, 0.2) is 36.7 Å². The number of pyridine rings is 1. The van der Waals surface area contributed by atoms with Crippen LogP contribution in [0.2, 0.25) is 0 Å². The molecule has 0 unspecified atom stereocenters. The van der Waals surface area contributed by atoms with Crippen LogP contribution in [0.3, 0.4) is 0 Å². The van der Waals surface area contributed by atoms with Crippen molar-refractivity contribution >= 4 is 32.6 Å². The molecule has 1 amide bonds. The Balaban J connectivity index is 1.59. The molecule has 4 rings (SSSR count). The van der Waals surface area contributed by atoms with Crippen molar-refractivity contribution in [3.8, 4) is 11.1 Å². The molecule has 24 heavy (non-hydrogen) atoms. The average Bonchev–Trinajstić information content (AvgIpc) is 2.93. The molecule has 1 fully saturated rings. The summed E-state index contributed by atoms with van der Waals surface area (Å²) < 4.78 is 13.9. The van der Waals surface area contributed by atoms with E-state index < -0.39 is 6.17 Å². The first-order chi connectivity index (χ1) is 11.6. The molecule has 1 saturated carbocycles. The van der Waals surface area contributed by atoms with Crippen LogP contribution in [-0.2, 0) is 4.79 Å². The average molecular weight is 341 g/mol. The van der Waals surface area contributed by atoms with Crippen LogP contribution >= 0.6 is 11.3 Å². The number of rotatable bonds is 3. The second kappa shape index (κ2) is 5.94. The van der Waals surface area contributed by atoms with Crippen LogP contribution in [0.4, 0.5) is 9.52 Å². The van der Waals surface area contributed by atoms with Crippen molar-refractivity contribution in [2.45, 2.75) is 25.9 Å². The Labute approximate surface area is 142 Å². The number of hydrogen-bond acceptors (Lipinski definition) is 4. The third-order valence-corrected chi connectivity index (χ3v) is 5.35. The van der Waals surface area contributed by atoms with Gasteiger partial charge in [-0.2, -0.15) is 0 Å². The van der Waals surface area contributed by atoms with Gasteiger partial charge < -0.3 is 5.32 Å². The van der Waals surface area contributed by atoms with Gasteiger partial charge in [0, 0.05) is 23.9 Å². The lowest BCUT2D eigenvalue weighted by molar-refractivity contribution is -0.124. The van der Waals surface area contributed by atoms with E-state index in [9.17, 15) is 9.18 Å². The summed E-state index contributed by atoms with van der Waals surface area (Å²) in [6.07, 6.45) is 3.44. The molecule has 0 atom stereocenters. The standard InChI is InChI=1S/C18H16FN3OS/c1-10-4-5-20-9-14(10)11-2-3-15-16(8-11)24-18(21-15)22-17(23)12-6-13(19)7-12/h2-5,8-9,12-13H,6-7H2,1H3,(H,21,22,23)/t12-,13+. The summed E-state index contributed by atoms with van der Waals surface area (Å²) in [5.41, 5.74) is 4.17. The van der Waals surface area contributed by atoms with Crippen molar-refractivity contribution in [3.05, 3.63) is 42.2 Å². The lowest BCUT2D eigenvalue weighted by Crippen LogP contribution is -2.35. The van der Waals surface area contributed by atoms with Crippen LogP contribution in [-0.4, -0.2) is 22.0 Å². The summed E-state index contributed by atoms with van der Waals surface area (Å²) in [4.78, 5) is 20.7. The van der Waals surface area contributed by atoms with Crippen LogP contribution in [0.25, 0.3) is 21.3 Å². The van der Waals surface area contributed by atoms with Crippen molar-refractivity contribution in [2.75, 3.05) is 5.32 Å². The number of amides is 1. The Kier molecular flexibility index (Phi) is 3.76. The zero-order valence-corrected chi connectivity index (χ0v) is 13.9. The lowest BCUT2D eigenvalue weighted by atomic mass is 9.83. The predicted octanol–water partition coefficient (Wildman–Crippen LogP) is 4.35. The summed E-state index contributed by atoms with van der Waals surface area (Å²) in [7, 11) is 0. The Morgan fingerprint density at radius 2 is 2.17 bits per heavy atom. The number of carbonyl (C=O) groups is 1. The van der Waals surface area contributed by atoms with E-state index in [1.165, 1.54) is 11.3 Å². The van der Waals surface area contributed by atoms with Gasteiger partial charge in [-0.1, -0.05) is 17.4 Å².